The summed E-state index contributed by atoms with van der Waals surface area (Å²) in [7, 11) is 0. The molecule has 0 aliphatic carbocycles. The highest BCUT2D eigenvalue weighted by atomic mass is 19.1. The summed E-state index contributed by atoms with van der Waals surface area (Å²) in [6, 6.07) is 6.33. The number of fused-ring (bicyclic) bond motifs is 1. The minimum absolute atomic E-state index is 0.275. The molecule has 0 amide bonds. The second-order valence-corrected chi connectivity index (χ2v) is 3.73. The van der Waals surface area contributed by atoms with E-state index in [1.807, 2.05) is 6.07 Å². The van der Waals surface area contributed by atoms with Crippen LogP contribution >= 0.6 is 0 Å². The molecule has 2 N–H and O–H groups in total. The zero-order chi connectivity index (χ0) is 11.7. The van der Waals surface area contributed by atoms with Crippen LogP contribution in [0.3, 0.4) is 0 Å². The Morgan fingerprint density at radius 2 is 2.29 bits per heavy atom. The van der Waals surface area contributed by atoms with E-state index in [0.29, 0.717) is 18.0 Å². The summed E-state index contributed by atoms with van der Waals surface area (Å²) in [5, 5.41) is 3.11. The number of rotatable bonds is 3. The number of hydrogen-bond acceptors (Lipinski definition) is 3. The standard InChI is InChI=1S/C12H10FN3O/c13-9-1-2-10-11(5-9)16-12(15-10)14-6-8-3-4-17-7-8/h1-5,7H,6H2,(H2,14,15,16). The highest BCUT2D eigenvalue weighted by Gasteiger charge is 2.03. The predicted octanol–water partition coefficient (Wildman–Crippen LogP) is 2.91. The molecule has 2 heterocycles. The Bertz CT molecular complexity index is 630. The van der Waals surface area contributed by atoms with Gasteiger partial charge in [-0.3, -0.25) is 0 Å². The number of aromatic nitrogens is 2. The van der Waals surface area contributed by atoms with Gasteiger partial charge in [0.25, 0.3) is 0 Å². The molecule has 0 radical (unpaired) electrons. The molecule has 0 fully saturated rings. The summed E-state index contributed by atoms with van der Waals surface area (Å²) in [5.41, 5.74) is 2.44. The Morgan fingerprint density at radius 3 is 3.12 bits per heavy atom. The second kappa shape index (κ2) is 3.93. The van der Waals surface area contributed by atoms with Gasteiger partial charge >= 0.3 is 0 Å². The molecule has 3 rings (SSSR count). The molecule has 0 aliphatic rings. The number of aromatic amines is 1. The first-order valence-corrected chi connectivity index (χ1v) is 5.21. The maximum Gasteiger partial charge on any atom is 0.201 e. The molecule has 1 aromatic carbocycles. The van der Waals surface area contributed by atoms with Crippen LogP contribution in [-0.2, 0) is 6.54 Å². The van der Waals surface area contributed by atoms with Gasteiger partial charge in [0.1, 0.15) is 5.82 Å². The summed E-state index contributed by atoms with van der Waals surface area (Å²) >= 11 is 0. The first-order chi connectivity index (χ1) is 8.31. The van der Waals surface area contributed by atoms with Gasteiger partial charge in [0.15, 0.2) is 0 Å². The van der Waals surface area contributed by atoms with Crippen molar-refractivity contribution in [2.45, 2.75) is 6.54 Å². The predicted molar refractivity (Wildman–Crippen MR) is 62.1 cm³/mol. The molecule has 4 nitrogen and oxygen atoms in total. The number of H-pyrrole nitrogens is 1. The third-order valence-corrected chi connectivity index (χ3v) is 2.48. The Morgan fingerprint density at radius 1 is 1.35 bits per heavy atom. The van der Waals surface area contributed by atoms with E-state index < -0.39 is 0 Å². The van der Waals surface area contributed by atoms with E-state index in [9.17, 15) is 4.39 Å². The van der Waals surface area contributed by atoms with Crippen molar-refractivity contribution in [3.63, 3.8) is 0 Å². The van der Waals surface area contributed by atoms with E-state index in [1.165, 1.54) is 12.1 Å². The summed E-state index contributed by atoms with van der Waals surface area (Å²) in [4.78, 5) is 7.30. The highest BCUT2D eigenvalue weighted by molar-refractivity contribution is 5.77. The molecule has 86 valence electrons. The number of imidazole rings is 1. The van der Waals surface area contributed by atoms with Gasteiger partial charge in [-0.05, 0) is 24.3 Å². The van der Waals surface area contributed by atoms with Crippen LogP contribution in [0, 0.1) is 5.82 Å². The largest absolute Gasteiger partial charge is 0.472 e. The normalized spacial score (nSPS) is 10.9. The van der Waals surface area contributed by atoms with Gasteiger partial charge in [0, 0.05) is 12.1 Å². The molecule has 0 saturated heterocycles. The van der Waals surface area contributed by atoms with Gasteiger partial charge in [0.05, 0.1) is 23.6 Å². The number of anilines is 1. The Hall–Kier alpha value is -2.30. The minimum atomic E-state index is -0.275. The van der Waals surface area contributed by atoms with Crippen LogP contribution in [-0.4, -0.2) is 9.97 Å². The monoisotopic (exact) mass is 231 g/mol. The van der Waals surface area contributed by atoms with E-state index in [-0.39, 0.29) is 5.82 Å². The van der Waals surface area contributed by atoms with Gasteiger partial charge in [-0.2, -0.15) is 0 Å². The minimum Gasteiger partial charge on any atom is -0.472 e. The van der Waals surface area contributed by atoms with Crippen LogP contribution < -0.4 is 5.32 Å². The van der Waals surface area contributed by atoms with Crippen LogP contribution in [0.2, 0.25) is 0 Å². The third kappa shape index (κ3) is 1.99. The number of hydrogen-bond donors (Lipinski definition) is 2. The summed E-state index contributed by atoms with van der Waals surface area (Å²) in [6.45, 7) is 0.610. The molecule has 17 heavy (non-hydrogen) atoms. The van der Waals surface area contributed by atoms with Gasteiger partial charge in [-0.25, -0.2) is 9.37 Å². The van der Waals surface area contributed by atoms with Crippen molar-refractivity contribution >= 4 is 17.0 Å². The summed E-state index contributed by atoms with van der Waals surface area (Å²) < 4.78 is 17.9. The molecule has 0 atom stereocenters. The van der Waals surface area contributed by atoms with Gasteiger partial charge in [0.2, 0.25) is 5.95 Å². The molecule has 2 aromatic heterocycles. The van der Waals surface area contributed by atoms with Gasteiger partial charge in [-0.15, -0.1) is 0 Å². The first-order valence-electron chi connectivity index (χ1n) is 5.21. The Balaban J connectivity index is 1.81. The quantitative estimate of drug-likeness (QED) is 0.728. The topological polar surface area (TPSA) is 53.9 Å². The van der Waals surface area contributed by atoms with Crippen LogP contribution in [0.1, 0.15) is 5.56 Å². The number of benzene rings is 1. The van der Waals surface area contributed by atoms with Crippen molar-refractivity contribution in [3.05, 3.63) is 48.2 Å². The van der Waals surface area contributed by atoms with Crippen LogP contribution in [0.5, 0.6) is 0 Å². The average Bonchev–Trinajstić information content (AvgIpc) is 2.94. The zero-order valence-corrected chi connectivity index (χ0v) is 8.90. The maximum absolute atomic E-state index is 13.0. The van der Waals surface area contributed by atoms with Crippen molar-refractivity contribution in [2.75, 3.05) is 5.32 Å². The van der Waals surface area contributed by atoms with Crippen molar-refractivity contribution in [2.24, 2.45) is 0 Å². The van der Waals surface area contributed by atoms with E-state index in [1.54, 1.807) is 18.6 Å². The lowest BCUT2D eigenvalue weighted by molar-refractivity contribution is 0.564. The van der Waals surface area contributed by atoms with E-state index in [2.05, 4.69) is 15.3 Å². The van der Waals surface area contributed by atoms with E-state index in [4.69, 9.17) is 4.42 Å². The second-order valence-electron chi connectivity index (χ2n) is 3.73. The molecular formula is C12H10FN3O. The molecule has 0 saturated carbocycles. The average molecular weight is 231 g/mol. The Kier molecular flexibility index (Phi) is 2.29. The molecule has 5 heteroatoms. The smallest absolute Gasteiger partial charge is 0.201 e. The first kappa shape index (κ1) is 9.89. The van der Waals surface area contributed by atoms with Crippen molar-refractivity contribution in [3.8, 4) is 0 Å². The molecule has 0 spiro atoms. The van der Waals surface area contributed by atoms with Crippen molar-refractivity contribution in [1.82, 2.24) is 9.97 Å². The highest BCUT2D eigenvalue weighted by Crippen LogP contribution is 2.15. The van der Waals surface area contributed by atoms with Gasteiger partial charge < -0.3 is 14.7 Å². The van der Waals surface area contributed by atoms with E-state index in [0.717, 1.165) is 11.1 Å². The SMILES string of the molecule is Fc1ccc2nc(NCc3ccoc3)[nH]c2c1. The lowest BCUT2D eigenvalue weighted by Gasteiger charge is -1.98. The molecule has 0 bridgehead atoms. The lowest BCUT2D eigenvalue weighted by Crippen LogP contribution is -1.99. The zero-order valence-electron chi connectivity index (χ0n) is 8.90. The molecule has 3 aromatic rings. The van der Waals surface area contributed by atoms with Crippen molar-refractivity contribution in [1.29, 1.82) is 0 Å². The summed E-state index contributed by atoms with van der Waals surface area (Å²) in [6.07, 6.45) is 3.28. The van der Waals surface area contributed by atoms with Crippen LogP contribution in [0.15, 0.2) is 41.2 Å². The van der Waals surface area contributed by atoms with Crippen LogP contribution in [0.4, 0.5) is 10.3 Å². The number of nitrogens with zero attached hydrogens (tertiary/aromatic N) is 1. The van der Waals surface area contributed by atoms with Crippen LogP contribution in [0.25, 0.3) is 11.0 Å². The van der Waals surface area contributed by atoms with E-state index >= 15 is 0 Å². The fraction of sp³-hybridized carbons (Fsp3) is 0.0833. The van der Waals surface area contributed by atoms with Gasteiger partial charge in [-0.1, -0.05) is 0 Å². The third-order valence-electron chi connectivity index (χ3n) is 2.48. The Labute approximate surface area is 96.5 Å². The molecular weight excluding hydrogens is 221 g/mol. The lowest BCUT2D eigenvalue weighted by atomic mass is 10.3. The maximum atomic E-state index is 13.0. The fourth-order valence-electron chi connectivity index (χ4n) is 1.64. The van der Waals surface area contributed by atoms with Crippen molar-refractivity contribution < 1.29 is 8.81 Å². The summed E-state index contributed by atoms with van der Waals surface area (Å²) in [5.74, 6) is 0.342. The molecule has 0 aliphatic heterocycles. The number of furan rings is 1. The number of halogens is 1. The number of nitrogens with one attached hydrogen (secondary N) is 2. The molecule has 0 unspecified atom stereocenters. The fourth-order valence-corrected chi connectivity index (χ4v) is 1.64.